The second kappa shape index (κ2) is 8.64. The summed E-state index contributed by atoms with van der Waals surface area (Å²) in [5, 5.41) is 0. The number of rotatable bonds is 8. The average molecular weight is 301 g/mol. The van der Waals surface area contributed by atoms with E-state index < -0.39 is 17.4 Å². The molecule has 1 rings (SSSR count). The molecule has 0 saturated heterocycles. The van der Waals surface area contributed by atoms with Crippen LogP contribution in [0, 0.1) is 0 Å². The average Bonchev–Trinajstić information content (AvgIpc) is 2.38. The largest absolute Gasteiger partial charge is 0.448 e. The van der Waals surface area contributed by atoms with Crippen LogP contribution in [0.3, 0.4) is 0 Å². The lowest BCUT2D eigenvalue weighted by Gasteiger charge is -2.21. The van der Waals surface area contributed by atoms with Crippen LogP contribution in [-0.4, -0.2) is 44.9 Å². The molecule has 0 bridgehead atoms. The topological polar surface area (TPSA) is 119 Å². The van der Waals surface area contributed by atoms with E-state index in [0.29, 0.717) is 6.42 Å². The van der Waals surface area contributed by atoms with Crippen LogP contribution in [0.5, 0.6) is 0 Å². The fraction of sp³-hybridized carbons (Fsp3) is 0.417. The summed E-state index contributed by atoms with van der Waals surface area (Å²) >= 11 is -2.18. The molecule has 2 atom stereocenters. The van der Waals surface area contributed by atoms with Crippen LogP contribution in [0.2, 0.25) is 0 Å². The van der Waals surface area contributed by atoms with Crippen LogP contribution in [0.1, 0.15) is 5.56 Å². The summed E-state index contributed by atoms with van der Waals surface area (Å²) in [5.74, 6) is 0. The predicted octanol–water partition coefficient (Wildman–Crippen LogP) is 0.0904. The van der Waals surface area contributed by atoms with Crippen molar-refractivity contribution in [2.75, 3.05) is 19.7 Å². The Morgan fingerprint density at radius 1 is 1.40 bits per heavy atom. The molecule has 0 spiro atoms. The molecular formula is C12H19N3O4S. The minimum Gasteiger partial charge on any atom is -0.448 e. The standard InChI is InChI=1S/C12H19N3O4S/c13-11(8-10-4-2-1-3-5-10)9-15(20(17)18)6-7-19-12(14)16/h1-5,11H,6-9,13H2,(H2,14,16)(H,17,18). The van der Waals surface area contributed by atoms with Gasteiger partial charge in [-0.05, 0) is 12.0 Å². The monoisotopic (exact) mass is 301 g/mol. The van der Waals surface area contributed by atoms with Crippen molar-refractivity contribution < 1.29 is 18.3 Å². The van der Waals surface area contributed by atoms with Crippen molar-refractivity contribution in [1.82, 2.24) is 4.31 Å². The van der Waals surface area contributed by atoms with Gasteiger partial charge >= 0.3 is 6.09 Å². The fourth-order valence-electron chi connectivity index (χ4n) is 1.72. The summed E-state index contributed by atoms with van der Waals surface area (Å²) in [4.78, 5) is 10.4. The van der Waals surface area contributed by atoms with Gasteiger partial charge in [-0.3, -0.25) is 4.55 Å². The summed E-state index contributed by atoms with van der Waals surface area (Å²) in [6.07, 6.45) is -0.326. The van der Waals surface area contributed by atoms with Crippen molar-refractivity contribution in [1.29, 1.82) is 0 Å². The predicted molar refractivity (Wildman–Crippen MR) is 76.0 cm³/mol. The molecule has 2 unspecified atom stereocenters. The number of hydrogen-bond acceptors (Lipinski definition) is 4. The molecule has 8 heteroatoms. The number of carbonyl (C=O) groups is 1. The van der Waals surface area contributed by atoms with E-state index in [2.05, 4.69) is 4.74 Å². The lowest BCUT2D eigenvalue weighted by atomic mass is 10.1. The van der Waals surface area contributed by atoms with Crippen LogP contribution in [0.15, 0.2) is 30.3 Å². The smallest absolute Gasteiger partial charge is 0.404 e. The fourth-order valence-corrected chi connectivity index (χ4v) is 2.27. The molecule has 0 radical (unpaired) electrons. The van der Waals surface area contributed by atoms with E-state index in [0.717, 1.165) is 5.56 Å². The highest BCUT2D eigenvalue weighted by atomic mass is 32.2. The van der Waals surface area contributed by atoms with Gasteiger partial charge < -0.3 is 16.2 Å². The van der Waals surface area contributed by atoms with E-state index >= 15 is 0 Å². The number of nitrogens with zero attached hydrogens (tertiary/aromatic N) is 1. The minimum absolute atomic E-state index is 0.0559. The molecule has 7 nitrogen and oxygen atoms in total. The van der Waals surface area contributed by atoms with Crippen LogP contribution in [-0.2, 0) is 22.4 Å². The Morgan fingerprint density at radius 2 is 2.05 bits per heavy atom. The first-order valence-electron chi connectivity index (χ1n) is 6.06. The van der Waals surface area contributed by atoms with Gasteiger partial charge in [-0.15, -0.1) is 0 Å². The Balaban J connectivity index is 2.44. The van der Waals surface area contributed by atoms with Gasteiger partial charge in [0.25, 0.3) is 0 Å². The van der Waals surface area contributed by atoms with Gasteiger partial charge in [0, 0.05) is 19.1 Å². The van der Waals surface area contributed by atoms with Crippen molar-refractivity contribution in [3.63, 3.8) is 0 Å². The first-order chi connectivity index (χ1) is 9.49. The molecule has 112 valence electrons. The molecule has 1 aromatic rings. The van der Waals surface area contributed by atoms with Crippen molar-refractivity contribution in [2.45, 2.75) is 12.5 Å². The Bertz CT molecular complexity index is 444. The third-order valence-electron chi connectivity index (χ3n) is 2.58. The van der Waals surface area contributed by atoms with Gasteiger partial charge in [-0.25, -0.2) is 9.00 Å². The maximum absolute atomic E-state index is 11.2. The van der Waals surface area contributed by atoms with Crippen LogP contribution in [0.25, 0.3) is 0 Å². The Kier molecular flexibility index (Phi) is 7.16. The summed E-state index contributed by atoms with van der Waals surface area (Å²) in [6.45, 7) is 0.244. The SMILES string of the molecule is NC(=O)OCCN(CC(N)Cc1ccccc1)S(=O)O. The summed E-state index contributed by atoms with van der Waals surface area (Å²) in [6, 6.07) is 9.30. The molecule has 1 amide bonds. The van der Waals surface area contributed by atoms with E-state index in [1.165, 1.54) is 4.31 Å². The number of amides is 1. The van der Waals surface area contributed by atoms with E-state index in [1.807, 2.05) is 30.3 Å². The summed E-state index contributed by atoms with van der Waals surface area (Å²) in [7, 11) is 0. The van der Waals surface area contributed by atoms with Crippen LogP contribution in [0.4, 0.5) is 4.79 Å². The van der Waals surface area contributed by atoms with Crippen molar-refractivity contribution in [3.05, 3.63) is 35.9 Å². The van der Waals surface area contributed by atoms with Crippen molar-refractivity contribution >= 4 is 17.4 Å². The molecule has 0 heterocycles. The Morgan fingerprint density at radius 3 is 2.60 bits per heavy atom. The zero-order chi connectivity index (χ0) is 15.0. The first kappa shape index (κ1) is 16.6. The van der Waals surface area contributed by atoms with E-state index in [1.54, 1.807) is 0 Å². The molecule has 0 aliphatic heterocycles. The van der Waals surface area contributed by atoms with Gasteiger partial charge in [0.2, 0.25) is 11.3 Å². The third kappa shape index (κ3) is 6.62. The number of ether oxygens (including phenoxy) is 1. The Hall–Kier alpha value is -1.48. The zero-order valence-electron chi connectivity index (χ0n) is 11.0. The molecule has 0 fully saturated rings. The van der Waals surface area contributed by atoms with Gasteiger partial charge in [-0.2, -0.15) is 4.31 Å². The minimum atomic E-state index is -2.18. The normalized spacial score (nSPS) is 13.9. The van der Waals surface area contributed by atoms with Crippen molar-refractivity contribution in [3.8, 4) is 0 Å². The second-order valence-corrected chi connectivity index (χ2v) is 5.21. The third-order valence-corrected chi connectivity index (χ3v) is 3.36. The van der Waals surface area contributed by atoms with E-state index in [-0.39, 0.29) is 25.7 Å². The van der Waals surface area contributed by atoms with Crippen LogP contribution >= 0.6 is 0 Å². The molecule has 0 aliphatic carbocycles. The molecule has 5 N–H and O–H groups in total. The molecule has 0 saturated carbocycles. The quantitative estimate of drug-likeness (QED) is 0.588. The Labute approximate surface area is 120 Å². The lowest BCUT2D eigenvalue weighted by molar-refractivity contribution is 0.148. The van der Waals surface area contributed by atoms with E-state index in [9.17, 15) is 9.00 Å². The van der Waals surface area contributed by atoms with Crippen LogP contribution < -0.4 is 11.5 Å². The molecular weight excluding hydrogens is 282 g/mol. The van der Waals surface area contributed by atoms with Gasteiger partial charge in [0.15, 0.2) is 0 Å². The maximum Gasteiger partial charge on any atom is 0.404 e. The van der Waals surface area contributed by atoms with E-state index in [4.69, 9.17) is 16.0 Å². The highest BCUT2D eigenvalue weighted by Crippen LogP contribution is 2.04. The van der Waals surface area contributed by atoms with Gasteiger partial charge in [0.05, 0.1) is 0 Å². The molecule has 20 heavy (non-hydrogen) atoms. The number of carbonyl (C=O) groups excluding carboxylic acids is 1. The lowest BCUT2D eigenvalue weighted by Crippen LogP contribution is -2.41. The second-order valence-electron chi connectivity index (χ2n) is 4.24. The number of benzene rings is 1. The highest BCUT2D eigenvalue weighted by Gasteiger charge is 2.16. The molecule has 0 aliphatic rings. The first-order valence-corrected chi connectivity index (χ1v) is 7.13. The van der Waals surface area contributed by atoms with Gasteiger partial charge in [0.1, 0.15) is 6.61 Å². The maximum atomic E-state index is 11.2. The molecule has 1 aromatic carbocycles. The number of nitrogens with two attached hydrogens (primary N) is 2. The van der Waals surface area contributed by atoms with Gasteiger partial charge in [-0.1, -0.05) is 30.3 Å². The molecule has 0 aromatic heterocycles. The van der Waals surface area contributed by atoms with Crippen molar-refractivity contribution in [2.24, 2.45) is 11.5 Å². The number of hydrogen-bond donors (Lipinski definition) is 3. The summed E-state index contributed by atoms with van der Waals surface area (Å²) < 4.78 is 26.1. The summed E-state index contributed by atoms with van der Waals surface area (Å²) in [5.41, 5.74) is 11.8. The highest BCUT2D eigenvalue weighted by molar-refractivity contribution is 7.76. The zero-order valence-corrected chi connectivity index (χ0v) is 11.8. The number of primary amides is 1.